The van der Waals surface area contributed by atoms with Crippen LogP contribution in [0.15, 0.2) is 24.3 Å². The van der Waals surface area contributed by atoms with E-state index in [0.29, 0.717) is 6.54 Å². The molecule has 0 spiro atoms. The molecule has 114 valence electrons. The number of rotatable bonds is 8. The van der Waals surface area contributed by atoms with Gasteiger partial charge < -0.3 is 10.4 Å². The third kappa shape index (κ3) is 5.90. The molecule has 0 saturated carbocycles. The van der Waals surface area contributed by atoms with Gasteiger partial charge in [-0.15, -0.1) is 0 Å². The van der Waals surface area contributed by atoms with Crippen LogP contribution in [0.5, 0.6) is 5.75 Å². The fraction of sp³-hybridized carbons (Fsp3) is 0.571. The van der Waals surface area contributed by atoms with E-state index in [0.717, 1.165) is 18.4 Å². The zero-order chi connectivity index (χ0) is 15.2. The van der Waals surface area contributed by atoms with E-state index in [9.17, 15) is 13.5 Å². The van der Waals surface area contributed by atoms with Crippen molar-refractivity contribution in [3.8, 4) is 5.75 Å². The second kappa shape index (κ2) is 7.61. The predicted octanol–water partition coefficient (Wildman–Crippen LogP) is 1.19. The lowest BCUT2D eigenvalue weighted by molar-refractivity contribution is 0.475. The molecule has 1 aromatic rings. The third-order valence-corrected chi connectivity index (χ3v) is 5.04. The van der Waals surface area contributed by atoms with E-state index >= 15 is 0 Å². The minimum atomic E-state index is -3.12. The van der Waals surface area contributed by atoms with Gasteiger partial charge in [-0.1, -0.05) is 12.1 Å². The van der Waals surface area contributed by atoms with Crippen LogP contribution in [-0.4, -0.2) is 50.3 Å². The first-order valence-corrected chi connectivity index (χ1v) is 8.33. The van der Waals surface area contributed by atoms with E-state index in [-0.39, 0.29) is 17.5 Å². The van der Waals surface area contributed by atoms with Gasteiger partial charge in [-0.05, 0) is 37.5 Å². The van der Waals surface area contributed by atoms with E-state index in [1.165, 1.54) is 4.31 Å². The van der Waals surface area contributed by atoms with Gasteiger partial charge in [0.15, 0.2) is 0 Å². The lowest BCUT2D eigenvalue weighted by Gasteiger charge is -2.15. The maximum absolute atomic E-state index is 11.6. The van der Waals surface area contributed by atoms with Gasteiger partial charge in [-0.2, -0.15) is 0 Å². The van der Waals surface area contributed by atoms with Gasteiger partial charge in [0.1, 0.15) is 5.75 Å². The number of aromatic hydroxyl groups is 1. The van der Waals surface area contributed by atoms with Crippen LogP contribution < -0.4 is 5.32 Å². The summed E-state index contributed by atoms with van der Waals surface area (Å²) < 4.78 is 24.4. The lowest BCUT2D eigenvalue weighted by Crippen LogP contribution is -2.35. The molecule has 0 bridgehead atoms. The van der Waals surface area contributed by atoms with Crippen LogP contribution in [-0.2, 0) is 16.4 Å². The Bertz CT molecular complexity index is 498. The molecule has 0 saturated heterocycles. The highest BCUT2D eigenvalue weighted by Crippen LogP contribution is 2.11. The summed E-state index contributed by atoms with van der Waals surface area (Å²) in [5.41, 5.74) is 1.16. The van der Waals surface area contributed by atoms with Crippen molar-refractivity contribution < 1.29 is 13.5 Å². The molecule has 0 aromatic heterocycles. The van der Waals surface area contributed by atoms with Gasteiger partial charge in [0.25, 0.3) is 0 Å². The van der Waals surface area contributed by atoms with Crippen LogP contribution in [0, 0.1) is 0 Å². The summed E-state index contributed by atoms with van der Waals surface area (Å²) in [7, 11) is -0.0322. The quantitative estimate of drug-likeness (QED) is 0.757. The molecule has 1 rings (SSSR count). The average molecular weight is 300 g/mol. The molecule has 0 aliphatic rings. The van der Waals surface area contributed by atoms with Gasteiger partial charge in [-0.3, -0.25) is 0 Å². The summed E-state index contributed by atoms with van der Waals surface area (Å²) >= 11 is 0. The number of nitrogens with zero attached hydrogens (tertiary/aromatic N) is 1. The highest BCUT2D eigenvalue weighted by Gasteiger charge is 2.13. The monoisotopic (exact) mass is 300 g/mol. The molecule has 0 heterocycles. The number of phenolic OH excluding ortho intramolecular Hbond substituents is 1. The van der Waals surface area contributed by atoms with Gasteiger partial charge in [0, 0.05) is 26.7 Å². The Morgan fingerprint density at radius 3 is 2.40 bits per heavy atom. The molecule has 1 atom stereocenters. The minimum Gasteiger partial charge on any atom is -0.508 e. The minimum absolute atomic E-state index is 0.115. The van der Waals surface area contributed by atoms with Crippen molar-refractivity contribution in [1.82, 2.24) is 9.62 Å². The molecule has 0 aliphatic heterocycles. The largest absolute Gasteiger partial charge is 0.508 e. The number of hydrogen-bond acceptors (Lipinski definition) is 4. The van der Waals surface area contributed by atoms with Crippen molar-refractivity contribution in [2.75, 3.05) is 26.4 Å². The molecule has 20 heavy (non-hydrogen) atoms. The summed E-state index contributed by atoms with van der Waals surface area (Å²) in [5.74, 6) is 0.387. The Morgan fingerprint density at radius 1 is 1.25 bits per heavy atom. The fourth-order valence-electron chi connectivity index (χ4n) is 1.76. The number of hydrogen-bond donors (Lipinski definition) is 2. The number of sulfonamides is 1. The van der Waals surface area contributed by atoms with Crippen molar-refractivity contribution in [3.63, 3.8) is 0 Å². The van der Waals surface area contributed by atoms with Crippen molar-refractivity contribution in [1.29, 1.82) is 0 Å². The highest BCUT2D eigenvalue weighted by molar-refractivity contribution is 7.89. The first-order valence-electron chi connectivity index (χ1n) is 6.73. The summed E-state index contributed by atoms with van der Waals surface area (Å²) in [6.45, 7) is 2.50. The van der Waals surface area contributed by atoms with Gasteiger partial charge in [0.2, 0.25) is 10.0 Å². The molecule has 0 aliphatic carbocycles. The number of phenols is 1. The van der Waals surface area contributed by atoms with E-state index in [4.69, 9.17) is 0 Å². The molecule has 6 heteroatoms. The van der Waals surface area contributed by atoms with Crippen LogP contribution in [0.4, 0.5) is 0 Å². The van der Waals surface area contributed by atoms with Crippen molar-refractivity contribution in [3.05, 3.63) is 29.8 Å². The van der Waals surface area contributed by atoms with Gasteiger partial charge >= 0.3 is 0 Å². The summed E-state index contributed by atoms with van der Waals surface area (Å²) in [4.78, 5) is 0. The summed E-state index contributed by atoms with van der Waals surface area (Å²) in [6.07, 6.45) is 1.82. The Labute approximate surface area is 121 Å². The van der Waals surface area contributed by atoms with E-state index in [1.54, 1.807) is 26.2 Å². The number of aryl methyl sites for hydroxylation is 1. The fourth-order valence-corrected chi connectivity index (χ4v) is 2.51. The van der Waals surface area contributed by atoms with Crippen LogP contribution >= 0.6 is 0 Å². The molecule has 0 radical (unpaired) electrons. The van der Waals surface area contributed by atoms with E-state index in [1.807, 2.05) is 19.1 Å². The number of nitrogens with one attached hydrogen (secondary N) is 1. The molecule has 1 unspecified atom stereocenters. The van der Waals surface area contributed by atoms with E-state index in [2.05, 4.69) is 5.32 Å². The van der Waals surface area contributed by atoms with Gasteiger partial charge in [0.05, 0.1) is 5.75 Å². The van der Waals surface area contributed by atoms with Crippen molar-refractivity contribution in [2.24, 2.45) is 0 Å². The average Bonchev–Trinajstić information content (AvgIpc) is 2.37. The topological polar surface area (TPSA) is 69.6 Å². The van der Waals surface area contributed by atoms with Crippen LogP contribution in [0.2, 0.25) is 0 Å². The number of benzene rings is 1. The Morgan fingerprint density at radius 2 is 1.85 bits per heavy atom. The van der Waals surface area contributed by atoms with Crippen LogP contribution in [0.25, 0.3) is 0 Å². The summed E-state index contributed by atoms with van der Waals surface area (Å²) in [5, 5.41) is 12.4. The standard InChI is InChI=1S/C14H24N2O3S/c1-12(15-10-11-20(18,19)16(2)3)4-5-13-6-8-14(17)9-7-13/h6-9,12,15,17H,4-5,10-11H2,1-3H3. The zero-order valence-corrected chi connectivity index (χ0v) is 13.2. The first kappa shape index (κ1) is 16.9. The molecular weight excluding hydrogens is 276 g/mol. The smallest absolute Gasteiger partial charge is 0.214 e. The molecule has 5 nitrogen and oxygen atoms in total. The van der Waals surface area contributed by atoms with Crippen molar-refractivity contribution in [2.45, 2.75) is 25.8 Å². The predicted molar refractivity (Wildman–Crippen MR) is 81.4 cm³/mol. The second-order valence-electron chi connectivity index (χ2n) is 5.16. The van der Waals surface area contributed by atoms with Crippen molar-refractivity contribution >= 4 is 10.0 Å². The first-order chi connectivity index (χ1) is 9.31. The van der Waals surface area contributed by atoms with Gasteiger partial charge in [-0.25, -0.2) is 12.7 Å². The maximum atomic E-state index is 11.6. The Hall–Kier alpha value is -1.11. The Kier molecular flexibility index (Phi) is 6.45. The highest BCUT2D eigenvalue weighted by atomic mass is 32.2. The van der Waals surface area contributed by atoms with E-state index < -0.39 is 10.0 Å². The SMILES string of the molecule is CC(CCc1ccc(O)cc1)NCCS(=O)(=O)N(C)C. The normalized spacial score (nSPS) is 13.6. The molecular formula is C14H24N2O3S. The summed E-state index contributed by atoms with van der Waals surface area (Å²) in [6, 6.07) is 7.41. The second-order valence-corrected chi connectivity index (χ2v) is 7.46. The lowest BCUT2D eigenvalue weighted by atomic mass is 10.1. The molecule has 2 N–H and O–H groups in total. The third-order valence-electron chi connectivity index (χ3n) is 3.21. The molecule has 0 fully saturated rings. The Balaban J connectivity index is 2.27. The van der Waals surface area contributed by atoms with Crippen LogP contribution in [0.1, 0.15) is 18.9 Å². The maximum Gasteiger partial charge on any atom is 0.214 e. The molecule has 0 amide bonds. The van der Waals surface area contributed by atoms with Crippen LogP contribution in [0.3, 0.4) is 0 Å². The zero-order valence-electron chi connectivity index (χ0n) is 12.3. The molecule has 1 aromatic carbocycles.